The predicted molar refractivity (Wildman–Crippen MR) is 83.3 cm³/mol. The summed E-state index contributed by atoms with van der Waals surface area (Å²) in [4.78, 5) is 2.79. The number of piperazine rings is 1. The van der Waals surface area contributed by atoms with Gasteiger partial charge in [0.25, 0.3) is 0 Å². The van der Waals surface area contributed by atoms with Crippen LogP contribution in [0.4, 0.5) is 0 Å². The highest BCUT2D eigenvalue weighted by Crippen LogP contribution is 2.37. The Morgan fingerprint density at radius 3 is 2.26 bits per heavy atom. The lowest BCUT2D eigenvalue weighted by Crippen LogP contribution is -2.62. The van der Waals surface area contributed by atoms with Gasteiger partial charge in [0.1, 0.15) is 0 Å². The summed E-state index contributed by atoms with van der Waals surface area (Å²) in [6.45, 7) is 18.0. The molecule has 2 nitrogen and oxygen atoms in total. The van der Waals surface area contributed by atoms with Gasteiger partial charge in [-0.3, -0.25) is 4.90 Å². The van der Waals surface area contributed by atoms with Crippen molar-refractivity contribution < 1.29 is 0 Å². The van der Waals surface area contributed by atoms with E-state index >= 15 is 0 Å². The quantitative estimate of drug-likeness (QED) is 0.839. The van der Waals surface area contributed by atoms with Gasteiger partial charge in [-0.15, -0.1) is 0 Å². The first-order valence-electron chi connectivity index (χ1n) is 8.26. The van der Waals surface area contributed by atoms with Crippen molar-refractivity contribution in [3.8, 4) is 0 Å². The maximum absolute atomic E-state index is 3.80. The minimum atomic E-state index is 0.364. The second-order valence-electron chi connectivity index (χ2n) is 8.41. The van der Waals surface area contributed by atoms with Gasteiger partial charge in [-0.25, -0.2) is 0 Å². The second-order valence-corrected chi connectivity index (χ2v) is 8.41. The number of rotatable bonds is 4. The van der Waals surface area contributed by atoms with Crippen LogP contribution < -0.4 is 5.32 Å². The van der Waals surface area contributed by atoms with Crippen LogP contribution in [0.25, 0.3) is 0 Å². The van der Waals surface area contributed by atoms with Crippen molar-refractivity contribution in [2.45, 2.75) is 66.5 Å². The van der Waals surface area contributed by atoms with Crippen LogP contribution in [0, 0.1) is 23.2 Å². The molecule has 1 saturated carbocycles. The molecule has 0 radical (unpaired) electrons. The van der Waals surface area contributed by atoms with Crippen molar-refractivity contribution in [2.75, 3.05) is 19.6 Å². The van der Waals surface area contributed by atoms with Gasteiger partial charge >= 0.3 is 0 Å². The highest BCUT2D eigenvalue weighted by molar-refractivity contribution is 4.94. The molecule has 2 aliphatic rings. The number of nitrogens with one attached hydrogen (secondary N) is 1. The maximum Gasteiger partial charge on any atom is 0.0244 e. The summed E-state index contributed by atoms with van der Waals surface area (Å²) in [5.41, 5.74) is 0.364. The standard InChI is InChI=1S/C17H34N2/c1-12(2)15-9-18-16(17(4,5)6)11-19(15)10-13(3)14-7-8-14/h12-16,18H,7-11H2,1-6H3. The van der Waals surface area contributed by atoms with Gasteiger partial charge in [0.15, 0.2) is 0 Å². The summed E-state index contributed by atoms with van der Waals surface area (Å²) in [6.07, 6.45) is 2.95. The second kappa shape index (κ2) is 5.73. The molecule has 0 aromatic rings. The zero-order chi connectivity index (χ0) is 14.2. The van der Waals surface area contributed by atoms with Crippen LogP contribution in [-0.4, -0.2) is 36.6 Å². The summed E-state index contributed by atoms with van der Waals surface area (Å²) >= 11 is 0. The molecule has 0 amide bonds. The van der Waals surface area contributed by atoms with Crippen LogP contribution in [0.5, 0.6) is 0 Å². The lowest BCUT2D eigenvalue weighted by Gasteiger charge is -2.47. The lowest BCUT2D eigenvalue weighted by atomic mass is 9.83. The third-order valence-corrected chi connectivity index (χ3v) is 5.22. The molecule has 2 fully saturated rings. The Hall–Kier alpha value is -0.0800. The zero-order valence-corrected chi connectivity index (χ0v) is 13.9. The first-order valence-corrected chi connectivity index (χ1v) is 8.26. The molecule has 0 bridgehead atoms. The van der Waals surface area contributed by atoms with Gasteiger partial charge in [0, 0.05) is 31.7 Å². The molecule has 2 heteroatoms. The van der Waals surface area contributed by atoms with Gasteiger partial charge < -0.3 is 5.32 Å². The molecule has 1 saturated heterocycles. The average Bonchev–Trinajstić information content (AvgIpc) is 3.10. The highest BCUT2D eigenvalue weighted by atomic mass is 15.2. The Morgan fingerprint density at radius 2 is 1.79 bits per heavy atom. The maximum atomic E-state index is 3.80. The van der Waals surface area contributed by atoms with Crippen LogP contribution in [0.2, 0.25) is 0 Å². The molecule has 1 aliphatic heterocycles. The summed E-state index contributed by atoms with van der Waals surface area (Å²) in [5, 5.41) is 3.80. The van der Waals surface area contributed by atoms with E-state index in [1.54, 1.807) is 0 Å². The van der Waals surface area contributed by atoms with Crippen molar-refractivity contribution in [2.24, 2.45) is 23.2 Å². The van der Waals surface area contributed by atoms with Gasteiger partial charge in [-0.2, -0.15) is 0 Å². The van der Waals surface area contributed by atoms with E-state index in [0.29, 0.717) is 11.5 Å². The van der Waals surface area contributed by atoms with Crippen molar-refractivity contribution in [1.82, 2.24) is 10.2 Å². The molecule has 112 valence electrons. The fourth-order valence-corrected chi connectivity index (χ4v) is 3.46. The Balaban J connectivity index is 1.99. The van der Waals surface area contributed by atoms with Gasteiger partial charge in [-0.1, -0.05) is 41.5 Å². The van der Waals surface area contributed by atoms with Crippen molar-refractivity contribution >= 4 is 0 Å². The molecule has 0 aromatic carbocycles. The third kappa shape index (κ3) is 3.95. The molecule has 0 spiro atoms. The van der Waals surface area contributed by atoms with Crippen molar-refractivity contribution in [3.05, 3.63) is 0 Å². The predicted octanol–water partition coefficient (Wildman–Crippen LogP) is 3.38. The first-order chi connectivity index (χ1) is 8.79. The Bertz CT molecular complexity index is 288. The molecule has 3 atom stereocenters. The van der Waals surface area contributed by atoms with E-state index in [1.165, 1.54) is 25.9 Å². The van der Waals surface area contributed by atoms with E-state index < -0.39 is 0 Å². The average molecular weight is 266 g/mol. The molecular formula is C17H34N2. The first kappa shape index (κ1) is 15.3. The summed E-state index contributed by atoms with van der Waals surface area (Å²) in [7, 11) is 0. The molecule has 0 aromatic heterocycles. The van der Waals surface area contributed by atoms with Crippen molar-refractivity contribution in [3.63, 3.8) is 0 Å². The zero-order valence-electron chi connectivity index (χ0n) is 13.9. The molecule has 3 unspecified atom stereocenters. The van der Waals surface area contributed by atoms with E-state index in [-0.39, 0.29) is 0 Å². The summed E-state index contributed by atoms with van der Waals surface area (Å²) in [5.74, 6) is 2.66. The third-order valence-electron chi connectivity index (χ3n) is 5.22. The Kier molecular flexibility index (Phi) is 4.62. The van der Waals surface area contributed by atoms with E-state index in [4.69, 9.17) is 0 Å². The highest BCUT2D eigenvalue weighted by Gasteiger charge is 2.37. The Labute approximate surface area is 120 Å². The number of nitrogens with zero attached hydrogens (tertiary/aromatic N) is 1. The normalized spacial score (nSPS) is 31.7. The molecule has 2 rings (SSSR count). The van der Waals surface area contributed by atoms with E-state index in [2.05, 4.69) is 51.8 Å². The Morgan fingerprint density at radius 1 is 1.16 bits per heavy atom. The molecule has 1 heterocycles. The molecular weight excluding hydrogens is 232 g/mol. The number of hydrogen-bond donors (Lipinski definition) is 1. The largest absolute Gasteiger partial charge is 0.311 e. The minimum absolute atomic E-state index is 0.364. The SMILES string of the molecule is CC(C)C1CNC(C(C)(C)C)CN1CC(C)C1CC1. The summed E-state index contributed by atoms with van der Waals surface area (Å²) < 4.78 is 0. The minimum Gasteiger partial charge on any atom is -0.311 e. The van der Waals surface area contributed by atoms with E-state index in [1.807, 2.05) is 0 Å². The molecule has 1 N–H and O–H groups in total. The van der Waals surface area contributed by atoms with Crippen LogP contribution in [0.3, 0.4) is 0 Å². The van der Waals surface area contributed by atoms with Crippen LogP contribution in [0.15, 0.2) is 0 Å². The fraction of sp³-hybridized carbons (Fsp3) is 1.00. The molecule has 19 heavy (non-hydrogen) atoms. The summed E-state index contributed by atoms with van der Waals surface area (Å²) in [6, 6.07) is 1.36. The number of hydrogen-bond acceptors (Lipinski definition) is 2. The van der Waals surface area contributed by atoms with Crippen LogP contribution in [0.1, 0.15) is 54.4 Å². The smallest absolute Gasteiger partial charge is 0.0244 e. The van der Waals surface area contributed by atoms with Crippen molar-refractivity contribution in [1.29, 1.82) is 0 Å². The monoisotopic (exact) mass is 266 g/mol. The van der Waals surface area contributed by atoms with Crippen LogP contribution in [-0.2, 0) is 0 Å². The van der Waals surface area contributed by atoms with Gasteiger partial charge in [0.2, 0.25) is 0 Å². The van der Waals surface area contributed by atoms with Gasteiger partial charge in [0.05, 0.1) is 0 Å². The topological polar surface area (TPSA) is 15.3 Å². The van der Waals surface area contributed by atoms with E-state index in [0.717, 1.165) is 30.3 Å². The van der Waals surface area contributed by atoms with E-state index in [9.17, 15) is 0 Å². The van der Waals surface area contributed by atoms with Crippen LogP contribution >= 0.6 is 0 Å². The lowest BCUT2D eigenvalue weighted by molar-refractivity contribution is 0.0501. The molecule has 1 aliphatic carbocycles. The fourth-order valence-electron chi connectivity index (χ4n) is 3.46. The van der Waals surface area contributed by atoms with Gasteiger partial charge in [-0.05, 0) is 36.0 Å².